The Kier molecular flexibility index (Phi) is 6.00. The highest BCUT2D eigenvalue weighted by molar-refractivity contribution is 7.19. The monoisotopic (exact) mass is 381 g/mol. The number of hydrogen-bond acceptors (Lipinski definition) is 5. The topological polar surface area (TPSA) is 47.0 Å². The van der Waals surface area contributed by atoms with Crippen LogP contribution in [0.15, 0.2) is 30.3 Å². The zero-order chi connectivity index (χ0) is 18.5. The van der Waals surface area contributed by atoms with E-state index in [0.717, 1.165) is 55.5 Å². The molecule has 1 N–H and O–H groups in total. The molecule has 2 aromatic heterocycles. The molecule has 0 saturated carbocycles. The van der Waals surface area contributed by atoms with Crippen molar-refractivity contribution in [3.63, 3.8) is 0 Å². The number of aromatic nitrogens is 2. The second kappa shape index (κ2) is 8.81. The molecule has 3 aromatic rings. The van der Waals surface area contributed by atoms with Crippen LogP contribution in [0.3, 0.4) is 0 Å². The zero-order valence-electron chi connectivity index (χ0n) is 16.0. The maximum atomic E-state index is 5.47. The summed E-state index contributed by atoms with van der Waals surface area (Å²) in [4.78, 5) is 12.5. The molecule has 4 nitrogen and oxygen atoms in total. The summed E-state index contributed by atoms with van der Waals surface area (Å²) >= 11 is 1.87. The summed E-state index contributed by atoms with van der Waals surface area (Å²) in [6, 6.07) is 10.5. The van der Waals surface area contributed by atoms with E-state index in [2.05, 4.69) is 29.6 Å². The number of aryl methyl sites for hydroxylation is 2. The SMILES string of the molecule is CCOCCCNc1nc(Cc2ccccc2)nc2sc3c(c12)CCCC3. The van der Waals surface area contributed by atoms with Crippen LogP contribution in [0, 0.1) is 0 Å². The third kappa shape index (κ3) is 4.30. The highest BCUT2D eigenvalue weighted by Gasteiger charge is 2.21. The van der Waals surface area contributed by atoms with Gasteiger partial charge in [0.15, 0.2) is 0 Å². The molecule has 4 rings (SSSR count). The molecule has 0 saturated heterocycles. The van der Waals surface area contributed by atoms with Crippen LogP contribution in [0.1, 0.15) is 48.0 Å². The van der Waals surface area contributed by atoms with Crippen molar-refractivity contribution in [3.05, 3.63) is 52.2 Å². The summed E-state index contributed by atoms with van der Waals surface area (Å²) in [5.41, 5.74) is 2.74. The van der Waals surface area contributed by atoms with Crippen molar-refractivity contribution < 1.29 is 4.74 Å². The highest BCUT2D eigenvalue weighted by Crippen LogP contribution is 2.38. The lowest BCUT2D eigenvalue weighted by Crippen LogP contribution is -2.10. The van der Waals surface area contributed by atoms with E-state index >= 15 is 0 Å². The normalized spacial score (nSPS) is 13.7. The Morgan fingerprint density at radius 2 is 1.96 bits per heavy atom. The van der Waals surface area contributed by atoms with Gasteiger partial charge in [0.2, 0.25) is 0 Å². The van der Waals surface area contributed by atoms with Crippen LogP contribution >= 0.6 is 11.3 Å². The van der Waals surface area contributed by atoms with Gasteiger partial charge in [0.25, 0.3) is 0 Å². The van der Waals surface area contributed by atoms with Gasteiger partial charge in [-0.05, 0) is 50.2 Å². The van der Waals surface area contributed by atoms with Crippen molar-refractivity contribution in [2.24, 2.45) is 0 Å². The minimum absolute atomic E-state index is 0.771. The fourth-order valence-corrected chi connectivity index (χ4v) is 4.99. The summed E-state index contributed by atoms with van der Waals surface area (Å²) in [5.74, 6) is 1.92. The Morgan fingerprint density at radius 3 is 2.81 bits per heavy atom. The van der Waals surface area contributed by atoms with Gasteiger partial charge in [0, 0.05) is 31.1 Å². The summed E-state index contributed by atoms with van der Waals surface area (Å²) in [5, 5.41) is 4.85. The van der Waals surface area contributed by atoms with Crippen LogP contribution in [-0.2, 0) is 24.0 Å². The predicted molar refractivity (Wildman–Crippen MR) is 113 cm³/mol. The van der Waals surface area contributed by atoms with E-state index in [1.165, 1.54) is 40.7 Å². The molecule has 5 heteroatoms. The van der Waals surface area contributed by atoms with Crippen molar-refractivity contribution in [2.45, 2.75) is 45.4 Å². The minimum Gasteiger partial charge on any atom is -0.382 e. The van der Waals surface area contributed by atoms with E-state index in [-0.39, 0.29) is 0 Å². The molecule has 27 heavy (non-hydrogen) atoms. The van der Waals surface area contributed by atoms with Crippen molar-refractivity contribution in [1.82, 2.24) is 9.97 Å². The number of ether oxygens (including phenoxy) is 1. The molecule has 0 spiro atoms. The lowest BCUT2D eigenvalue weighted by Gasteiger charge is -2.13. The number of benzene rings is 1. The minimum atomic E-state index is 0.771. The third-order valence-corrected chi connectivity index (χ3v) is 6.21. The quantitative estimate of drug-likeness (QED) is 0.558. The molecule has 0 bridgehead atoms. The highest BCUT2D eigenvalue weighted by atomic mass is 32.1. The lowest BCUT2D eigenvalue weighted by molar-refractivity contribution is 0.147. The van der Waals surface area contributed by atoms with Gasteiger partial charge in [0.05, 0.1) is 5.39 Å². The summed E-state index contributed by atoms with van der Waals surface area (Å²) in [7, 11) is 0. The van der Waals surface area contributed by atoms with Crippen molar-refractivity contribution in [3.8, 4) is 0 Å². The summed E-state index contributed by atoms with van der Waals surface area (Å²) in [6.45, 7) is 4.48. The first-order chi connectivity index (χ1) is 13.3. The summed E-state index contributed by atoms with van der Waals surface area (Å²) in [6.07, 6.45) is 6.67. The van der Waals surface area contributed by atoms with E-state index in [0.29, 0.717) is 0 Å². The van der Waals surface area contributed by atoms with Crippen LogP contribution in [0.4, 0.5) is 5.82 Å². The van der Waals surface area contributed by atoms with Gasteiger partial charge in [-0.3, -0.25) is 0 Å². The van der Waals surface area contributed by atoms with Crippen molar-refractivity contribution in [1.29, 1.82) is 0 Å². The number of fused-ring (bicyclic) bond motifs is 3. The van der Waals surface area contributed by atoms with Gasteiger partial charge in [0.1, 0.15) is 16.5 Å². The number of anilines is 1. The largest absolute Gasteiger partial charge is 0.382 e. The maximum absolute atomic E-state index is 5.47. The van der Waals surface area contributed by atoms with Gasteiger partial charge in [-0.1, -0.05) is 30.3 Å². The molecular formula is C22H27N3OS. The molecule has 1 aromatic carbocycles. The molecule has 0 unspecified atom stereocenters. The first-order valence-electron chi connectivity index (χ1n) is 10.0. The van der Waals surface area contributed by atoms with Gasteiger partial charge in [-0.25, -0.2) is 9.97 Å². The first-order valence-corrected chi connectivity index (χ1v) is 10.8. The standard InChI is InChI=1S/C22H27N3OS/c1-2-26-14-8-13-23-21-20-17-11-6-7-12-18(17)27-22(20)25-19(24-21)15-16-9-4-3-5-10-16/h3-5,9-10H,2,6-8,11-15H2,1H3,(H,23,24,25). The number of hydrogen-bond donors (Lipinski definition) is 1. The van der Waals surface area contributed by atoms with Crippen LogP contribution < -0.4 is 5.32 Å². The Bertz CT molecular complexity index is 891. The van der Waals surface area contributed by atoms with Crippen LogP contribution in [0.2, 0.25) is 0 Å². The Labute approximate surface area is 165 Å². The van der Waals surface area contributed by atoms with E-state index in [9.17, 15) is 0 Å². The molecule has 0 fully saturated rings. The average Bonchev–Trinajstić information content (AvgIpc) is 3.07. The van der Waals surface area contributed by atoms with Crippen LogP contribution in [0.5, 0.6) is 0 Å². The molecule has 0 amide bonds. The molecule has 142 valence electrons. The van der Waals surface area contributed by atoms with Gasteiger partial charge in [-0.15, -0.1) is 11.3 Å². The Balaban J connectivity index is 1.64. The molecule has 0 aliphatic heterocycles. The third-order valence-electron chi connectivity index (χ3n) is 5.03. The Hall–Kier alpha value is -1.98. The van der Waals surface area contributed by atoms with Crippen molar-refractivity contribution >= 4 is 27.4 Å². The van der Waals surface area contributed by atoms with Crippen molar-refractivity contribution in [2.75, 3.05) is 25.1 Å². The van der Waals surface area contributed by atoms with Gasteiger partial charge >= 0.3 is 0 Å². The second-order valence-corrected chi connectivity index (χ2v) is 8.10. The summed E-state index contributed by atoms with van der Waals surface area (Å²) < 4.78 is 5.47. The average molecular weight is 382 g/mol. The smallest absolute Gasteiger partial charge is 0.138 e. The van der Waals surface area contributed by atoms with Gasteiger partial charge in [-0.2, -0.15) is 0 Å². The molecular weight excluding hydrogens is 354 g/mol. The Morgan fingerprint density at radius 1 is 1.11 bits per heavy atom. The first kappa shape index (κ1) is 18.4. The molecule has 1 aliphatic carbocycles. The number of thiophene rings is 1. The van der Waals surface area contributed by atoms with E-state index < -0.39 is 0 Å². The maximum Gasteiger partial charge on any atom is 0.138 e. The molecule has 1 aliphatic rings. The molecule has 0 atom stereocenters. The number of nitrogens with zero attached hydrogens (tertiary/aromatic N) is 2. The molecule has 2 heterocycles. The number of rotatable bonds is 8. The van der Waals surface area contributed by atoms with Gasteiger partial charge < -0.3 is 10.1 Å². The second-order valence-electron chi connectivity index (χ2n) is 7.02. The zero-order valence-corrected chi connectivity index (χ0v) is 16.8. The van der Waals surface area contributed by atoms with Crippen LogP contribution in [0.25, 0.3) is 10.2 Å². The van der Waals surface area contributed by atoms with E-state index in [4.69, 9.17) is 14.7 Å². The fourth-order valence-electron chi connectivity index (χ4n) is 3.71. The molecule has 0 radical (unpaired) electrons. The van der Waals surface area contributed by atoms with Crippen LogP contribution in [-0.4, -0.2) is 29.7 Å². The van der Waals surface area contributed by atoms with E-state index in [1.807, 2.05) is 24.3 Å². The number of nitrogens with one attached hydrogen (secondary N) is 1. The predicted octanol–water partition coefficient (Wildman–Crippen LogP) is 5.00. The fraction of sp³-hybridized carbons (Fsp3) is 0.455. The lowest BCUT2D eigenvalue weighted by atomic mass is 9.97. The van der Waals surface area contributed by atoms with E-state index in [1.54, 1.807) is 0 Å².